The molecule has 1 fully saturated rings. The van der Waals surface area contributed by atoms with E-state index in [2.05, 4.69) is 11.9 Å². The Morgan fingerprint density at radius 1 is 1.45 bits per heavy atom. The highest BCUT2D eigenvalue weighted by Gasteiger charge is 2.30. The lowest BCUT2D eigenvalue weighted by molar-refractivity contribution is -0.135. The number of nitrogens with one attached hydrogen (secondary N) is 1. The molecule has 0 aromatic rings. The average molecular weight is 279 g/mol. The third-order valence-corrected chi connectivity index (χ3v) is 3.50. The highest BCUT2D eigenvalue weighted by atomic mass is 19.1. The van der Waals surface area contributed by atoms with Crippen molar-refractivity contribution in [3.05, 3.63) is 35.2 Å². The largest absolute Gasteiger partial charge is 0.296 e. The van der Waals surface area contributed by atoms with Gasteiger partial charge in [-0.15, -0.1) is 0 Å². The molecular formula is C16H22FNO2. The number of carbonyl (C=O) groups excluding carboxylic acids is 2. The van der Waals surface area contributed by atoms with E-state index in [1.165, 1.54) is 6.08 Å². The first kappa shape index (κ1) is 16.3. The van der Waals surface area contributed by atoms with Crippen molar-refractivity contribution in [3.63, 3.8) is 0 Å². The van der Waals surface area contributed by atoms with Crippen molar-refractivity contribution in [1.29, 1.82) is 0 Å². The molecule has 20 heavy (non-hydrogen) atoms. The number of amides is 2. The molecule has 1 heterocycles. The van der Waals surface area contributed by atoms with E-state index in [0.717, 1.165) is 17.6 Å². The first-order valence-electron chi connectivity index (χ1n) is 6.93. The van der Waals surface area contributed by atoms with Gasteiger partial charge in [0.25, 0.3) is 0 Å². The van der Waals surface area contributed by atoms with Gasteiger partial charge in [0.05, 0.1) is 5.92 Å². The van der Waals surface area contributed by atoms with Gasteiger partial charge in [0, 0.05) is 6.42 Å². The van der Waals surface area contributed by atoms with E-state index in [9.17, 15) is 14.0 Å². The van der Waals surface area contributed by atoms with Crippen molar-refractivity contribution >= 4 is 11.8 Å². The molecule has 0 aliphatic carbocycles. The standard InChI is InChI=1S/C16H22FNO2/c1-5-6-12(14(17)9-11(4)10(2)3)13-7-8-15(19)18-16(13)20/h9,13H,2,5-8H2,1,3-4H3,(H,18,19,20)/b11-9-,14-12-. The van der Waals surface area contributed by atoms with Crippen LogP contribution in [0.1, 0.15) is 46.5 Å². The molecule has 1 unspecified atom stereocenters. The minimum absolute atomic E-state index is 0.264. The number of imide groups is 1. The van der Waals surface area contributed by atoms with Gasteiger partial charge in [-0.2, -0.15) is 0 Å². The maximum Gasteiger partial charge on any atom is 0.233 e. The molecule has 3 nitrogen and oxygen atoms in total. The van der Waals surface area contributed by atoms with Crippen LogP contribution in [0.4, 0.5) is 4.39 Å². The molecule has 1 aliphatic rings. The minimum Gasteiger partial charge on any atom is -0.296 e. The van der Waals surface area contributed by atoms with Crippen molar-refractivity contribution in [2.24, 2.45) is 5.92 Å². The Kier molecular flexibility index (Phi) is 5.86. The van der Waals surface area contributed by atoms with Crippen LogP contribution in [0.15, 0.2) is 35.2 Å². The summed E-state index contributed by atoms with van der Waals surface area (Å²) in [6, 6.07) is 0. The predicted octanol–water partition coefficient (Wildman–Crippen LogP) is 3.59. The minimum atomic E-state index is -0.540. The summed E-state index contributed by atoms with van der Waals surface area (Å²) in [5, 5.41) is 2.28. The van der Waals surface area contributed by atoms with E-state index < -0.39 is 5.92 Å². The van der Waals surface area contributed by atoms with Gasteiger partial charge < -0.3 is 0 Å². The lowest BCUT2D eigenvalue weighted by atomic mass is 9.86. The molecule has 0 saturated carbocycles. The van der Waals surface area contributed by atoms with Gasteiger partial charge in [0.2, 0.25) is 11.8 Å². The summed E-state index contributed by atoms with van der Waals surface area (Å²) in [5.41, 5.74) is 2.03. The number of hydrogen-bond donors (Lipinski definition) is 1. The molecule has 4 heteroatoms. The zero-order valence-corrected chi connectivity index (χ0v) is 12.4. The van der Waals surface area contributed by atoms with Gasteiger partial charge in [0.15, 0.2) is 0 Å². The van der Waals surface area contributed by atoms with Crippen LogP contribution < -0.4 is 5.32 Å². The maximum absolute atomic E-state index is 14.4. The number of allylic oxidation sites excluding steroid dienone is 4. The Labute approximate surface area is 119 Å². The summed E-state index contributed by atoms with van der Waals surface area (Å²) >= 11 is 0. The fourth-order valence-electron chi connectivity index (χ4n) is 2.16. The molecule has 1 saturated heterocycles. The topological polar surface area (TPSA) is 46.2 Å². The molecule has 1 aliphatic heterocycles. The summed E-state index contributed by atoms with van der Waals surface area (Å²) in [4.78, 5) is 23.0. The van der Waals surface area contributed by atoms with Crippen molar-refractivity contribution < 1.29 is 14.0 Å². The summed E-state index contributed by atoms with van der Waals surface area (Å²) in [6.45, 7) is 9.31. The maximum atomic E-state index is 14.4. The molecule has 2 amide bonds. The van der Waals surface area contributed by atoms with Gasteiger partial charge >= 0.3 is 0 Å². The summed E-state index contributed by atoms with van der Waals surface area (Å²) in [6.07, 6.45) is 3.34. The second kappa shape index (κ2) is 7.17. The highest BCUT2D eigenvalue weighted by molar-refractivity contribution is 5.99. The fourth-order valence-corrected chi connectivity index (χ4v) is 2.16. The van der Waals surface area contributed by atoms with Gasteiger partial charge in [0.1, 0.15) is 5.83 Å². The first-order chi connectivity index (χ1) is 9.36. The lowest BCUT2D eigenvalue weighted by Gasteiger charge is -2.23. The quantitative estimate of drug-likeness (QED) is 0.617. The lowest BCUT2D eigenvalue weighted by Crippen LogP contribution is -2.41. The molecule has 1 rings (SSSR count). The second-order valence-electron chi connectivity index (χ2n) is 5.23. The SMILES string of the molecule is C=C(C)/C(C)=C\C(F)=C(/CCC)C1CCC(=O)NC1=O. The summed E-state index contributed by atoms with van der Waals surface area (Å²) < 4.78 is 14.4. The van der Waals surface area contributed by atoms with E-state index >= 15 is 0 Å². The average Bonchev–Trinajstić information content (AvgIpc) is 2.36. The highest BCUT2D eigenvalue weighted by Crippen LogP contribution is 2.29. The Morgan fingerprint density at radius 3 is 2.60 bits per heavy atom. The van der Waals surface area contributed by atoms with Crippen molar-refractivity contribution in [1.82, 2.24) is 5.32 Å². The molecule has 0 bridgehead atoms. The van der Waals surface area contributed by atoms with Gasteiger partial charge in [-0.3, -0.25) is 14.9 Å². The monoisotopic (exact) mass is 279 g/mol. The Morgan fingerprint density at radius 2 is 2.10 bits per heavy atom. The van der Waals surface area contributed by atoms with Crippen molar-refractivity contribution in [2.75, 3.05) is 0 Å². The van der Waals surface area contributed by atoms with Gasteiger partial charge in [-0.1, -0.05) is 25.5 Å². The van der Waals surface area contributed by atoms with E-state index in [0.29, 0.717) is 18.4 Å². The summed E-state index contributed by atoms with van der Waals surface area (Å²) in [5.74, 6) is -1.58. The normalized spacial score (nSPS) is 21.4. The molecule has 1 N–H and O–H groups in total. The second-order valence-corrected chi connectivity index (χ2v) is 5.23. The van der Waals surface area contributed by atoms with E-state index in [-0.39, 0.29) is 24.1 Å². The Balaban J connectivity index is 3.09. The number of halogens is 1. The number of hydrogen-bond acceptors (Lipinski definition) is 2. The third kappa shape index (κ3) is 4.15. The van der Waals surface area contributed by atoms with Crippen LogP contribution in [0.3, 0.4) is 0 Å². The van der Waals surface area contributed by atoms with Gasteiger partial charge in [-0.25, -0.2) is 4.39 Å². The Bertz CT molecular complexity index is 489. The van der Waals surface area contributed by atoms with Gasteiger partial charge in [-0.05, 0) is 43.9 Å². The molecule has 0 aromatic carbocycles. The van der Waals surface area contributed by atoms with E-state index in [1.807, 2.05) is 13.8 Å². The number of carbonyl (C=O) groups is 2. The van der Waals surface area contributed by atoms with Crippen LogP contribution in [0, 0.1) is 5.92 Å². The molecule has 0 spiro atoms. The smallest absolute Gasteiger partial charge is 0.233 e. The Hall–Kier alpha value is -1.71. The number of piperidine rings is 1. The zero-order valence-electron chi connectivity index (χ0n) is 12.4. The zero-order chi connectivity index (χ0) is 15.3. The molecule has 0 radical (unpaired) electrons. The van der Waals surface area contributed by atoms with Crippen LogP contribution in [0.5, 0.6) is 0 Å². The van der Waals surface area contributed by atoms with Crippen LogP contribution in [-0.4, -0.2) is 11.8 Å². The van der Waals surface area contributed by atoms with Crippen LogP contribution >= 0.6 is 0 Å². The van der Waals surface area contributed by atoms with Crippen LogP contribution in [0.2, 0.25) is 0 Å². The van der Waals surface area contributed by atoms with Crippen LogP contribution in [0.25, 0.3) is 0 Å². The fraction of sp³-hybridized carbons (Fsp3) is 0.500. The molecule has 0 aromatic heterocycles. The first-order valence-corrected chi connectivity index (χ1v) is 6.93. The van der Waals surface area contributed by atoms with E-state index in [1.54, 1.807) is 6.92 Å². The van der Waals surface area contributed by atoms with Crippen molar-refractivity contribution in [2.45, 2.75) is 46.5 Å². The third-order valence-electron chi connectivity index (χ3n) is 3.50. The molecule has 110 valence electrons. The molecular weight excluding hydrogens is 257 g/mol. The van der Waals surface area contributed by atoms with E-state index in [4.69, 9.17) is 0 Å². The van der Waals surface area contributed by atoms with Crippen LogP contribution in [-0.2, 0) is 9.59 Å². The van der Waals surface area contributed by atoms with Crippen molar-refractivity contribution in [3.8, 4) is 0 Å². The molecule has 1 atom stereocenters. The number of rotatable bonds is 5. The predicted molar refractivity (Wildman–Crippen MR) is 77.5 cm³/mol. The summed E-state index contributed by atoms with van der Waals surface area (Å²) in [7, 11) is 0.